The summed E-state index contributed by atoms with van der Waals surface area (Å²) >= 11 is 0. The number of aromatic nitrogens is 2. The fraction of sp³-hybridized carbons (Fsp3) is 0.600. The highest BCUT2D eigenvalue weighted by molar-refractivity contribution is 7.57. The molecule has 1 aliphatic rings. The van der Waals surface area contributed by atoms with Crippen LogP contribution in [0.2, 0.25) is 0 Å². The van der Waals surface area contributed by atoms with Crippen molar-refractivity contribution in [1.29, 1.82) is 0 Å². The van der Waals surface area contributed by atoms with E-state index in [-0.39, 0.29) is 13.2 Å². The first-order valence-corrected chi connectivity index (χ1v) is 9.61. The molecule has 3 atom stereocenters. The summed E-state index contributed by atoms with van der Waals surface area (Å²) in [5, 5.41) is 0. The van der Waals surface area contributed by atoms with Gasteiger partial charge in [0.05, 0.1) is 19.3 Å². The SMILES string of the molecule is CCOP(=O)(/C=C/C1CC(OC)C(n2ccc(=O)[nH]c2=O)O1)OCC. The normalized spacial score (nSPS) is 24.2. The molecule has 1 aromatic heterocycles. The van der Waals surface area contributed by atoms with Crippen LogP contribution >= 0.6 is 7.60 Å². The van der Waals surface area contributed by atoms with Gasteiger partial charge in [0, 0.05) is 31.6 Å². The van der Waals surface area contributed by atoms with Crippen molar-refractivity contribution in [2.45, 2.75) is 38.7 Å². The molecule has 1 fully saturated rings. The number of rotatable bonds is 8. The van der Waals surface area contributed by atoms with Crippen LogP contribution in [0, 0.1) is 0 Å². The molecule has 0 bridgehead atoms. The third-order valence-electron chi connectivity index (χ3n) is 3.63. The molecule has 0 amide bonds. The van der Waals surface area contributed by atoms with E-state index >= 15 is 0 Å². The largest absolute Gasteiger partial charge is 0.377 e. The van der Waals surface area contributed by atoms with E-state index in [1.54, 1.807) is 19.9 Å². The topological polar surface area (TPSA) is 109 Å². The van der Waals surface area contributed by atoms with E-state index in [0.29, 0.717) is 6.42 Å². The van der Waals surface area contributed by atoms with E-state index in [1.807, 2.05) is 0 Å². The Balaban J connectivity index is 2.18. The van der Waals surface area contributed by atoms with Gasteiger partial charge in [0.2, 0.25) is 0 Å². The maximum atomic E-state index is 12.5. The summed E-state index contributed by atoms with van der Waals surface area (Å²) in [7, 11) is -1.82. The van der Waals surface area contributed by atoms with Gasteiger partial charge in [-0.2, -0.15) is 0 Å². The molecule has 1 N–H and O–H groups in total. The van der Waals surface area contributed by atoms with Gasteiger partial charge >= 0.3 is 13.3 Å². The second-order valence-corrected chi connectivity index (χ2v) is 7.20. The third kappa shape index (κ3) is 4.99. The molecule has 0 aromatic carbocycles. The highest BCUT2D eigenvalue weighted by Gasteiger charge is 2.36. The van der Waals surface area contributed by atoms with Gasteiger partial charge < -0.3 is 18.5 Å². The molecule has 0 saturated carbocycles. The first-order valence-electron chi connectivity index (χ1n) is 8.00. The highest BCUT2D eigenvalue weighted by Crippen LogP contribution is 2.50. The zero-order chi connectivity index (χ0) is 18.4. The molecule has 25 heavy (non-hydrogen) atoms. The minimum Gasteiger partial charge on any atom is -0.377 e. The minimum atomic E-state index is -3.33. The van der Waals surface area contributed by atoms with Gasteiger partial charge in [-0.1, -0.05) is 0 Å². The van der Waals surface area contributed by atoms with Crippen molar-refractivity contribution >= 4 is 7.60 Å². The van der Waals surface area contributed by atoms with E-state index < -0.39 is 37.3 Å². The van der Waals surface area contributed by atoms with E-state index in [9.17, 15) is 14.2 Å². The van der Waals surface area contributed by atoms with Gasteiger partial charge in [0.1, 0.15) is 6.10 Å². The lowest BCUT2D eigenvalue weighted by molar-refractivity contribution is -0.0431. The summed E-state index contributed by atoms with van der Waals surface area (Å²) in [6, 6.07) is 1.24. The summed E-state index contributed by atoms with van der Waals surface area (Å²) in [6.45, 7) is 3.96. The van der Waals surface area contributed by atoms with Gasteiger partial charge in [-0.15, -0.1) is 0 Å². The molecule has 3 unspecified atom stereocenters. The van der Waals surface area contributed by atoms with Crippen molar-refractivity contribution in [3.63, 3.8) is 0 Å². The van der Waals surface area contributed by atoms with Crippen LogP contribution < -0.4 is 11.2 Å². The van der Waals surface area contributed by atoms with Crippen LogP contribution in [0.3, 0.4) is 0 Å². The van der Waals surface area contributed by atoms with Crippen molar-refractivity contribution in [2.75, 3.05) is 20.3 Å². The van der Waals surface area contributed by atoms with Crippen LogP contribution in [-0.2, 0) is 23.1 Å². The van der Waals surface area contributed by atoms with E-state index in [0.717, 1.165) is 0 Å². The molecule has 10 heteroatoms. The van der Waals surface area contributed by atoms with Crippen molar-refractivity contribution in [2.24, 2.45) is 0 Å². The number of methoxy groups -OCH3 is 1. The lowest BCUT2D eigenvalue weighted by Gasteiger charge is -2.19. The predicted molar refractivity (Wildman–Crippen MR) is 90.6 cm³/mol. The Kier molecular flexibility index (Phi) is 6.92. The average Bonchev–Trinajstić information content (AvgIpc) is 2.97. The van der Waals surface area contributed by atoms with E-state index in [4.69, 9.17) is 18.5 Å². The number of nitrogens with one attached hydrogen (secondary N) is 1. The van der Waals surface area contributed by atoms with Gasteiger partial charge in [-0.05, 0) is 19.9 Å². The quantitative estimate of drug-likeness (QED) is 0.689. The van der Waals surface area contributed by atoms with Gasteiger partial charge in [-0.3, -0.25) is 18.9 Å². The molecule has 140 valence electrons. The van der Waals surface area contributed by atoms with Crippen molar-refractivity contribution in [1.82, 2.24) is 9.55 Å². The van der Waals surface area contributed by atoms with Crippen LogP contribution in [0.25, 0.3) is 0 Å². The monoisotopic (exact) mass is 374 g/mol. The van der Waals surface area contributed by atoms with E-state index in [1.165, 1.54) is 29.8 Å². The Morgan fingerprint density at radius 1 is 1.36 bits per heavy atom. The Labute approximate surface area is 145 Å². The first-order chi connectivity index (χ1) is 11.9. The number of hydrogen-bond acceptors (Lipinski definition) is 7. The molecule has 0 spiro atoms. The second kappa shape index (κ2) is 8.73. The number of hydrogen-bond donors (Lipinski definition) is 1. The zero-order valence-corrected chi connectivity index (χ0v) is 15.3. The highest BCUT2D eigenvalue weighted by atomic mass is 31.2. The molecule has 1 aliphatic heterocycles. The third-order valence-corrected chi connectivity index (χ3v) is 5.40. The van der Waals surface area contributed by atoms with Crippen LogP contribution in [0.5, 0.6) is 0 Å². The van der Waals surface area contributed by atoms with Crippen LogP contribution in [-0.4, -0.2) is 42.1 Å². The fourth-order valence-electron chi connectivity index (χ4n) is 2.56. The van der Waals surface area contributed by atoms with Crippen molar-refractivity contribution < 1.29 is 23.1 Å². The van der Waals surface area contributed by atoms with Crippen LogP contribution in [0.15, 0.2) is 33.7 Å². The lowest BCUT2D eigenvalue weighted by atomic mass is 10.2. The number of aromatic amines is 1. The Bertz CT molecular complexity index is 747. The summed E-state index contributed by atoms with van der Waals surface area (Å²) in [5.41, 5.74) is -1.07. The van der Waals surface area contributed by atoms with Gasteiger partial charge in [0.25, 0.3) is 5.56 Å². The molecule has 0 radical (unpaired) electrons. The first kappa shape index (κ1) is 19.8. The predicted octanol–water partition coefficient (Wildman–Crippen LogP) is 1.62. The summed E-state index contributed by atoms with van der Waals surface area (Å²) in [6.07, 6.45) is 1.84. The van der Waals surface area contributed by atoms with Crippen molar-refractivity contribution in [3.8, 4) is 0 Å². The number of nitrogens with zero attached hydrogens (tertiary/aromatic N) is 1. The summed E-state index contributed by atoms with van der Waals surface area (Å²) in [4.78, 5) is 25.3. The Hall–Kier alpha value is -1.51. The zero-order valence-electron chi connectivity index (χ0n) is 14.4. The molecule has 1 aromatic rings. The summed E-state index contributed by atoms with van der Waals surface area (Å²) < 4.78 is 35.3. The molecule has 1 saturated heterocycles. The molecular weight excluding hydrogens is 351 g/mol. The summed E-state index contributed by atoms with van der Waals surface area (Å²) in [5.74, 6) is 1.37. The molecule has 0 aliphatic carbocycles. The minimum absolute atomic E-state index is 0.253. The smallest absolute Gasteiger partial charge is 0.353 e. The second-order valence-electron chi connectivity index (χ2n) is 5.31. The van der Waals surface area contributed by atoms with Gasteiger partial charge in [-0.25, -0.2) is 4.79 Å². The maximum absolute atomic E-state index is 12.5. The van der Waals surface area contributed by atoms with Crippen LogP contribution in [0.1, 0.15) is 26.5 Å². The molecule has 2 rings (SSSR count). The lowest BCUT2D eigenvalue weighted by Crippen LogP contribution is -2.35. The van der Waals surface area contributed by atoms with Crippen LogP contribution in [0.4, 0.5) is 0 Å². The maximum Gasteiger partial charge on any atom is 0.353 e. The Morgan fingerprint density at radius 2 is 2.04 bits per heavy atom. The van der Waals surface area contributed by atoms with Crippen molar-refractivity contribution in [3.05, 3.63) is 45.0 Å². The number of ether oxygens (including phenoxy) is 2. The standard InChI is InChI=1S/C15H23N2O7P/c1-4-22-25(20,23-5-2)9-7-11-10-12(21-3)14(24-11)17-8-6-13(18)16-15(17)19/h6-9,11-12,14H,4-5,10H2,1-3H3,(H,16,18,19)/b9-7+. The number of H-pyrrole nitrogens is 1. The average molecular weight is 374 g/mol. The van der Waals surface area contributed by atoms with E-state index in [2.05, 4.69) is 4.98 Å². The molecule has 9 nitrogen and oxygen atoms in total. The van der Waals surface area contributed by atoms with Gasteiger partial charge in [0.15, 0.2) is 6.23 Å². The fourth-order valence-corrected chi connectivity index (χ4v) is 3.93. The Morgan fingerprint density at radius 3 is 2.60 bits per heavy atom. The molecular formula is C15H23N2O7P. The molecule has 2 heterocycles.